The molecule has 8 heteroatoms. The van der Waals surface area contributed by atoms with Crippen LogP contribution in [-0.2, 0) is 9.59 Å². The Balaban J connectivity index is 1.62. The van der Waals surface area contributed by atoms with Gasteiger partial charge >= 0.3 is 0 Å². The van der Waals surface area contributed by atoms with Gasteiger partial charge in [-0.2, -0.15) is 0 Å². The highest BCUT2D eigenvalue weighted by Crippen LogP contribution is 2.37. The molecule has 3 N–H and O–H groups in total. The Hall–Kier alpha value is -2.45. The second kappa shape index (κ2) is 6.12. The molecule has 3 heterocycles. The van der Waals surface area contributed by atoms with Gasteiger partial charge in [0, 0.05) is 49.4 Å². The van der Waals surface area contributed by atoms with Gasteiger partial charge in [0.1, 0.15) is 6.04 Å². The van der Waals surface area contributed by atoms with Crippen LogP contribution >= 0.6 is 0 Å². The van der Waals surface area contributed by atoms with Gasteiger partial charge in [0.25, 0.3) is 5.91 Å². The lowest BCUT2D eigenvalue weighted by Crippen LogP contribution is -2.53. The second-order valence-corrected chi connectivity index (χ2v) is 6.56. The Bertz CT molecular complexity index is 744. The molecule has 0 bridgehead atoms. The predicted molar refractivity (Wildman–Crippen MR) is 88.8 cm³/mol. The average molecular weight is 344 g/mol. The number of aliphatic hydroxyl groups excluding tert-OH is 1. The number of anilines is 1. The fourth-order valence-corrected chi connectivity index (χ4v) is 3.74. The van der Waals surface area contributed by atoms with E-state index in [2.05, 4.69) is 15.5 Å². The molecule has 2 atom stereocenters. The van der Waals surface area contributed by atoms with E-state index in [1.54, 1.807) is 6.07 Å². The van der Waals surface area contributed by atoms with Gasteiger partial charge in [-0.05, 0) is 24.6 Å². The molecule has 0 spiro atoms. The SMILES string of the molecule is O=C1CCC(N2C(=O)c3ccc(N4CCNCC4)cc3C2O)C(=O)N1. The highest BCUT2D eigenvalue weighted by atomic mass is 16.3. The number of amides is 3. The van der Waals surface area contributed by atoms with Gasteiger partial charge < -0.3 is 15.3 Å². The second-order valence-electron chi connectivity index (χ2n) is 6.56. The molecule has 132 valence electrons. The minimum atomic E-state index is -1.17. The van der Waals surface area contributed by atoms with Gasteiger partial charge in [-0.15, -0.1) is 0 Å². The molecule has 3 aliphatic heterocycles. The van der Waals surface area contributed by atoms with Crippen molar-refractivity contribution >= 4 is 23.4 Å². The summed E-state index contributed by atoms with van der Waals surface area (Å²) in [6, 6.07) is 4.59. The zero-order valence-electron chi connectivity index (χ0n) is 13.7. The maximum Gasteiger partial charge on any atom is 0.257 e. The first-order chi connectivity index (χ1) is 12.1. The topological polar surface area (TPSA) is 102 Å². The fraction of sp³-hybridized carbons (Fsp3) is 0.471. The number of carbonyl (C=O) groups is 3. The Labute approximate surface area is 144 Å². The zero-order chi connectivity index (χ0) is 17.6. The minimum absolute atomic E-state index is 0.162. The first kappa shape index (κ1) is 16.0. The van der Waals surface area contributed by atoms with Crippen LogP contribution in [0.5, 0.6) is 0 Å². The van der Waals surface area contributed by atoms with Crippen LogP contribution in [0.1, 0.15) is 35.0 Å². The van der Waals surface area contributed by atoms with E-state index in [0.717, 1.165) is 31.9 Å². The number of imide groups is 1. The lowest BCUT2D eigenvalue weighted by molar-refractivity contribution is -0.139. The summed E-state index contributed by atoms with van der Waals surface area (Å²) >= 11 is 0. The Morgan fingerprint density at radius 1 is 1.12 bits per heavy atom. The highest BCUT2D eigenvalue weighted by molar-refractivity contribution is 6.05. The number of piperidine rings is 1. The Kier molecular flexibility index (Phi) is 3.93. The molecule has 1 aromatic rings. The lowest BCUT2D eigenvalue weighted by atomic mass is 10.0. The van der Waals surface area contributed by atoms with Crippen LogP contribution in [0.3, 0.4) is 0 Å². The number of piperazine rings is 1. The smallest absolute Gasteiger partial charge is 0.257 e. The first-order valence-electron chi connectivity index (χ1n) is 8.50. The summed E-state index contributed by atoms with van der Waals surface area (Å²) in [4.78, 5) is 39.5. The number of hydrogen-bond donors (Lipinski definition) is 3. The van der Waals surface area contributed by atoms with Crippen molar-refractivity contribution in [3.8, 4) is 0 Å². The molecule has 1 aromatic carbocycles. The third kappa shape index (κ3) is 2.67. The van der Waals surface area contributed by atoms with Gasteiger partial charge in [-0.1, -0.05) is 0 Å². The third-order valence-corrected chi connectivity index (χ3v) is 5.07. The number of aliphatic hydroxyl groups is 1. The molecular formula is C17H20N4O4. The van der Waals surface area contributed by atoms with Gasteiger partial charge in [0.15, 0.2) is 6.23 Å². The summed E-state index contributed by atoms with van der Waals surface area (Å²) in [5.41, 5.74) is 1.89. The van der Waals surface area contributed by atoms with Crippen molar-refractivity contribution in [2.75, 3.05) is 31.1 Å². The van der Waals surface area contributed by atoms with Crippen molar-refractivity contribution in [3.05, 3.63) is 29.3 Å². The number of hydrogen-bond acceptors (Lipinski definition) is 6. The van der Waals surface area contributed by atoms with Crippen molar-refractivity contribution in [1.82, 2.24) is 15.5 Å². The van der Waals surface area contributed by atoms with Crippen molar-refractivity contribution in [2.45, 2.75) is 25.1 Å². The van der Waals surface area contributed by atoms with Crippen LogP contribution in [0.2, 0.25) is 0 Å². The van der Waals surface area contributed by atoms with E-state index in [0.29, 0.717) is 11.1 Å². The summed E-state index contributed by atoms with van der Waals surface area (Å²) in [5.74, 6) is -1.25. The van der Waals surface area contributed by atoms with Crippen LogP contribution < -0.4 is 15.5 Å². The van der Waals surface area contributed by atoms with Crippen molar-refractivity contribution in [2.24, 2.45) is 0 Å². The molecule has 0 saturated carbocycles. The third-order valence-electron chi connectivity index (χ3n) is 5.07. The van der Waals surface area contributed by atoms with Crippen LogP contribution in [-0.4, -0.2) is 59.9 Å². The van der Waals surface area contributed by atoms with E-state index < -0.39 is 18.2 Å². The molecule has 0 aliphatic carbocycles. The lowest BCUT2D eigenvalue weighted by Gasteiger charge is -2.32. The van der Waals surface area contributed by atoms with Gasteiger partial charge in [0.05, 0.1) is 0 Å². The van der Waals surface area contributed by atoms with Crippen LogP contribution in [0, 0.1) is 0 Å². The van der Waals surface area contributed by atoms with Crippen LogP contribution in [0.25, 0.3) is 0 Å². The van der Waals surface area contributed by atoms with E-state index in [1.165, 1.54) is 4.90 Å². The number of carbonyl (C=O) groups excluding carboxylic acids is 3. The molecule has 4 rings (SSSR count). The van der Waals surface area contributed by atoms with E-state index in [-0.39, 0.29) is 24.7 Å². The summed E-state index contributed by atoms with van der Waals surface area (Å²) in [5, 5.41) is 16.2. The molecule has 3 aliphatic rings. The minimum Gasteiger partial charge on any atom is -0.369 e. The van der Waals surface area contributed by atoms with E-state index in [1.807, 2.05) is 12.1 Å². The van der Waals surface area contributed by atoms with E-state index in [9.17, 15) is 19.5 Å². The Morgan fingerprint density at radius 2 is 1.88 bits per heavy atom. The summed E-state index contributed by atoms with van der Waals surface area (Å²) in [7, 11) is 0. The largest absolute Gasteiger partial charge is 0.369 e. The quantitative estimate of drug-likeness (QED) is 0.616. The number of nitrogens with one attached hydrogen (secondary N) is 2. The number of fused-ring (bicyclic) bond motifs is 1. The van der Waals surface area contributed by atoms with Crippen molar-refractivity contribution < 1.29 is 19.5 Å². The molecule has 2 saturated heterocycles. The predicted octanol–water partition coefficient (Wildman–Crippen LogP) is -0.652. The molecular weight excluding hydrogens is 324 g/mol. The molecule has 2 fully saturated rings. The maximum absolute atomic E-state index is 12.7. The van der Waals surface area contributed by atoms with Gasteiger partial charge in [0.2, 0.25) is 11.8 Å². The zero-order valence-corrected chi connectivity index (χ0v) is 13.7. The normalized spacial score (nSPS) is 26.7. The van der Waals surface area contributed by atoms with Crippen LogP contribution in [0.15, 0.2) is 18.2 Å². The average Bonchev–Trinajstić information content (AvgIpc) is 2.87. The number of nitrogens with zero attached hydrogens (tertiary/aromatic N) is 2. The van der Waals surface area contributed by atoms with E-state index >= 15 is 0 Å². The molecule has 25 heavy (non-hydrogen) atoms. The fourth-order valence-electron chi connectivity index (χ4n) is 3.74. The van der Waals surface area contributed by atoms with Gasteiger partial charge in [-0.3, -0.25) is 24.6 Å². The molecule has 0 radical (unpaired) electrons. The maximum atomic E-state index is 12.7. The molecule has 8 nitrogen and oxygen atoms in total. The molecule has 0 aromatic heterocycles. The summed E-state index contributed by atoms with van der Waals surface area (Å²) in [6.07, 6.45) is -0.782. The van der Waals surface area contributed by atoms with Crippen LogP contribution in [0.4, 0.5) is 5.69 Å². The highest BCUT2D eigenvalue weighted by Gasteiger charge is 2.44. The van der Waals surface area contributed by atoms with Gasteiger partial charge in [-0.25, -0.2) is 0 Å². The number of rotatable bonds is 2. The standard InChI is InChI=1S/C17H20N4O4/c22-14-4-3-13(15(23)19-14)21-16(24)11-2-1-10(9-12(11)17(21)25)20-7-5-18-6-8-20/h1-2,9,13,17-18,25H,3-8H2,(H,19,22,23). The number of benzene rings is 1. The van der Waals surface area contributed by atoms with Crippen molar-refractivity contribution in [1.29, 1.82) is 0 Å². The first-order valence-corrected chi connectivity index (χ1v) is 8.50. The summed E-state index contributed by atoms with van der Waals surface area (Å²) in [6.45, 7) is 3.50. The molecule has 3 amide bonds. The van der Waals surface area contributed by atoms with E-state index in [4.69, 9.17) is 0 Å². The summed E-state index contributed by atoms with van der Waals surface area (Å²) < 4.78 is 0. The Morgan fingerprint density at radius 3 is 2.60 bits per heavy atom. The molecule has 2 unspecified atom stereocenters. The monoisotopic (exact) mass is 344 g/mol. The van der Waals surface area contributed by atoms with Crippen molar-refractivity contribution in [3.63, 3.8) is 0 Å².